The van der Waals surface area contributed by atoms with Crippen molar-refractivity contribution in [1.29, 1.82) is 0 Å². The zero-order chi connectivity index (χ0) is 32.0. The van der Waals surface area contributed by atoms with Crippen LogP contribution in [0.5, 0.6) is 23.0 Å². The van der Waals surface area contributed by atoms with Crippen LogP contribution in [0.2, 0.25) is 0 Å². The third-order valence-electron chi connectivity index (χ3n) is 5.82. The molecule has 0 amide bonds. The Morgan fingerprint density at radius 2 is 0.500 bits per heavy atom. The Bertz CT molecular complexity index is 1580. The molecule has 0 atom stereocenters. The highest BCUT2D eigenvalue weighted by atomic mass is 32.2. The van der Waals surface area contributed by atoms with Gasteiger partial charge in [-0.15, -0.1) is 0 Å². The molecule has 0 fully saturated rings. The molecule has 0 radical (unpaired) electrons. The van der Waals surface area contributed by atoms with Gasteiger partial charge in [0.05, 0.1) is 58.9 Å². The molecular weight excluding hydrogens is 665 g/mol. The molecule has 0 spiro atoms. The number of fused-ring (bicyclic) bond motifs is 8. The first kappa shape index (κ1) is 30.5. The average Bonchev–Trinajstić information content (AvgIpc) is 2.95. The SMILES string of the molecule is O=[N+]([O-])c1cc2c(O)c(c1)Sc1cc([N+](=O)[O-])cc(c1O)Sc1cc([N+](=O)[O-])cc(c1O)Sc1cc([N+](=O)[O-])cc(c1O)S2. The Labute approximate surface area is 260 Å². The number of aromatic hydroxyl groups is 4. The van der Waals surface area contributed by atoms with Crippen molar-refractivity contribution >= 4 is 69.8 Å². The van der Waals surface area contributed by atoms with Crippen LogP contribution >= 0.6 is 47.0 Å². The molecule has 4 aromatic carbocycles. The van der Waals surface area contributed by atoms with Crippen LogP contribution in [-0.2, 0) is 0 Å². The van der Waals surface area contributed by atoms with E-state index in [0.29, 0.717) is 47.0 Å². The van der Waals surface area contributed by atoms with Gasteiger partial charge in [-0.3, -0.25) is 40.5 Å². The molecule has 224 valence electrons. The fourth-order valence-electron chi connectivity index (χ4n) is 3.79. The molecule has 1 heterocycles. The van der Waals surface area contributed by atoms with Crippen molar-refractivity contribution in [3.05, 3.63) is 89.0 Å². The number of phenolic OH excluding ortho intramolecular Hbond substituents is 4. The molecular formula is C24H12N4O12S4. The summed E-state index contributed by atoms with van der Waals surface area (Å²) in [5.74, 6) is -2.40. The second kappa shape index (κ2) is 11.6. The summed E-state index contributed by atoms with van der Waals surface area (Å²) in [6.07, 6.45) is 0. The highest BCUT2D eigenvalue weighted by molar-refractivity contribution is 8.01. The van der Waals surface area contributed by atoms with Crippen molar-refractivity contribution in [2.75, 3.05) is 0 Å². The Morgan fingerprint density at radius 1 is 0.364 bits per heavy atom. The van der Waals surface area contributed by atoms with Gasteiger partial charge in [-0.2, -0.15) is 0 Å². The largest absolute Gasteiger partial charge is 0.506 e. The molecule has 1 aliphatic rings. The molecule has 44 heavy (non-hydrogen) atoms. The number of nitro groups is 4. The normalized spacial score (nSPS) is 12.4. The van der Waals surface area contributed by atoms with E-state index in [1.165, 1.54) is 0 Å². The first-order valence-electron chi connectivity index (χ1n) is 11.5. The lowest BCUT2D eigenvalue weighted by Crippen LogP contribution is -1.94. The van der Waals surface area contributed by atoms with Gasteiger partial charge in [0.1, 0.15) is 23.0 Å². The minimum Gasteiger partial charge on any atom is -0.506 e. The number of nitro benzene ring substituents is 4. The standard InChI is InChI=1S/C24H12N4O12S4/c29-21-13-1-9(25(33)34)2-14(21)42-17-5-11(27(37)38)6-18(23(17)31)44-20-8-12(28(39)40)7-19(24(20)32)43-16-4-10(26(35)36)3-15(41-13)22(16)30/h1-8,29-32H. The minimum atomic E-state index is -0.794. The molecule has 8 bridgehead atoms. The number of nitrogens with zero attached hydrogens (tertiary/aromatic N) is 4. The van der Waals surface area contributed by atoms with Gasteiger partial charge in [0.2, 0.25) is 0 Å². The quantitative estimate of drug-likeness (QED) is 0.110. The second-order valence-electron chi connectivity index (χ2n) is 8.60. The van der Waals surface area contributed by atoms with Crippen molar-refractivity contribution in [2.24, 2.45) is 0 Å². The van der Waals surface area contributed by atoms with Gasteiger partial charge in [0.15, 0.2) is 0 Å². The van der Waals surface area contributed by atoms with Crippen molar-refractivity contribution < 1.29 is 40.1 Å². The third-order valence-corrected chi connectivity index (χ3v) is 10.1. The van der Waals surface area contributed by atoms with Crippen LogP contribution in [0.1, 0.15) is 0 Å². The van der Waals surface area contributed by atoms with Crippen molar-refractivity contribution in [1.82, 2.24) is 0 Å². The molecule has 0 saturated carbocycles. The Morgan fingerprint density at radius 3 is 0.614 bits per heavy atom. The molecule has 4 N–H and O–H groups in total. The van der Waals surface area contributed by atoms with Gasteiger partial charge in [-0.05, 0) is 0 Å². The summed E-state index contributed by atoms with van der Waals surface area (Å²) in [5, 5.41) is 91.3. The molecule has 0 aromatic heterocycles. The molecule has 5 rings (SSSR count). The van der Waals surface area contributed by atoms with E-state index >= 15 is 0 Å². The number of hydrogen-bond donors (Lipinski definition) is 4. The predicted octanol–water partition coefficient (Wildman–Crippen LogP) is 7.06. The first-order valence-corrected chi connectivity index (χ1v) is 14.8. The van der Waals surface area contributed by atoms with Crippen LogP contribution < -0.4 is 0 Å². The zero-order valence-corrected chi connectivity index (χ0v) is 24.4. The predicted molar refractivity (Wildman–Crippen MR) is 156 cm³/mol. The van der Waals surface area contributed by atoms with Gasteiger partial charge < -0.3 is 20.4 Å². The lowest BCUT2D eigenvalue weighted by Gasteiger charge is -2.16. The average molecular weight is 677 g/mol. The molecule has 0 saturated heterocycles. The number of phenols is 4. The van der Waals surface area contributed by atoms with Gasteiger partial charge >= 0.3 is 0 Å². The van der Waals surface area contributed by atoms with E-state index in [-0.39, 0.29) is 39.2 Å². The minimum absolute atomic E-state index is 0.249. The van der Waals surface area contributed by atoms with E-state index < -0.39 is 65.4 Å². The summed E-state index contributed by atoms with van der Waals surface area (Å²) in [6, 6.07) is 7.49. The van der Waals surface area contributed by atoms with Crippen LogP contribution in [0.25, 0.3) is 0 Å². The molecule has 4 aromatic rings. The molecule has 20 heteroatoms. The van der Waals surface area contributed by atoms with Gasteiger partial charge in [-0.25, -0.2) is 0 Å². The van der Waals surface area contributed by atoms with Crippen LogP contribution in [0.15, 0.2) is 87.7 Å². The fourth-order valence-corrected chi connectivity index (χ4v) is 8.09. The summed E-state index contributed by atoms with van der Waals surface area (Å²) in [5.41, 5.74) is -2.22. The number of benzene rings is 4. The van der Waals surface area contributed by atoms with E-state index in [0.717, 1.165) is 48.5 Å². The zero-order valence-electron chi connectivity index (χ0n) is 21.1. The van der Waals surface area contributed by atoms with E-state index in [4.69, 9.17) is 0 Å². The molecule has 16 nitrogen and oxygen atoms in total. The number of non-ortho nitro benzene ring substituents is 4. The van der Waals surface area contributed by atoms with Crippen LogP contribution in [0, 0.1) is 40.5 Å². The maximum Gasteiger partial charge on any atom is 0.271 e. The molecule has 0 unspecified atom stereocenters. The van der Waals surface area contributed by atoms with Crippen LogP contribution in [0.3, 0.4) is 0 Å². The third kappa shape index (κ3) is 5.82. The summed E-state index contributed by atoms with van der Waals surface area (Å²) < 4.78 is 0. The Balaban J connectivity index is 1.86. The van der Waals surface area contributed by atoms with Gasteiger partial charge in [-0.1, -0.05) is 47.0 Å². The number of rotatable bonds is 4. The van der Waals surface area contributed by atoms with E-state index in [9.17, 15) is 60.9 Å². The topological polar surface area (TPSA) is 253 Å². The smallest absolute Gasteiger partial charge is 0.271 e. The maximum absolute atomic E-state index is 11.7. The summed E-state index contributed by atoms with van der Waals surface area (Å²) in [4.78, 5) is 41.8. The summed E-state index contributed by atoms with van der Waals surface area (Å²) >= 11 is 2.05. The number of hydrogen-bond acceptors (Lipinski definition) is 16. The van der Waals surface area contributed by atoms with Crippen molar-refractivity contribution in [3.63, 3.8) is 0 Å². The van der Waals surface area contributed by atoms with E-state index in [1.807, 2.05) is 0 Å². The monoisotopic (exact) mass is 676 g/mol. The lowest BCUT2D eigenvalue weighted by molar-refractivity contribution is -0.385. The fraction of sp³-hybridized carbons (Fsp3) is 0. The summed E-state index contributed by atoms with van der Waals surface area (Å²) in [6.45, 7) is 0. The van der Waals surface area contributed by atoms with E-state index in [2.05, 4.69) is 0 Å². The highest BCUT2D eigenvalue weighted by Gasteiger charge is 2.28. The summed E-state index contributed by atoms with van der Waals surface area (Å²) in [7, 11) is 0. The van der Waals surface area contributed by atoms with E-state index in [1.54, 1.807) is 0 Å². The first-order chi connectivity index (χ1) is 20.7. The van der Waals surface area contributed by atoms with Crippen molar-refractivity contribution in [3.8, 4) is 23.0 Å². The van der Waals surface area contributed by atoms with Crippen molar-refractivity contribution in [2.45, 2.75) is 39.2 Å². The highest BCUT2D eigenvalue weighted by Crippen LogP contribution is 2.55. The second-order valence-corrected chi connectivity index (χ2v) is 12.9. The molecule has 0 aliphatic carbocycles. The molecule has 1 aliphatic heterocycles. The van der Waals surface area contributed by atoms with Gasteiger partial charge in [0.25, 0.3) is 22.7 Å². The maximum atomic E-state index is 11.7. The Kier molecular flexibility index (Phi) is 8.07. The van der Waals surface area contributed by atoms with Crippen LogP contribution in [0.4, 0.5) is 22.7 Å². The Hall–Kier alpha value is -4.92. The lowest BCUT2D eigenvalue weighted by atomic mass is 10.3. The van der Waals surface area contributed by atoms with Crippen LogP contribution in [-0.4, -0.2) is 40.1 Å². The van der Waals surface area contributed by atoms with Gasteiger partial charge in [0, 0.05) is 48.5 Å².